The van der Waals surface area contributed by atoms with E-state index in [2.05, 4.69) is 27.1 Å². The number of carboxylic acid groups (broad SMARTS) is 1. The molecule has 1 aromatic rings. The number of anilines is 2. The average Bonchev–Trinajstić information content (AvgIpc) is 2.64. The maximum atomic E-state index is 10.8. The number of aromatic nitrogens is 1. The Morgan fingerprint density at radius 3 is 2.70 bits per heavy atom. The molecule has 0 radical (unpaired) electrons. The van der Waals surface area contributed by atoms with Crippen molar-refractivity contribution in [2.45, 2.75) is 24.9 Å². The second-order valence-corrected chi connectivity index (χ2v) is 5.87. The third-order valence-corrected chi connectivity index (χ3v) is 4.31. The van der Waals surface area contributed by atoms with Crippen LogP contribution in [-0.4, -0.2) is 53.3 Å². The largest absolute Gasteiger partial charge is 0.465 e. The molecule has 2 saturated heterocycles. The van der Waals surface area contributed by atoms with Crippen LogP contribution in [0.2, 0.25) is 5.02 Å². The molecule has 0 spiro atoms. The maximum Gasteiger partial charge on any atom is 0.409 e. The summed E-state index contributed by atoms with van der Waals surface area (Å²) in [5.41, 5.74) is 0.391. The Labute approximate surface area is 122 Å². The Morgan fingerprint density at radius 2 is 2.10 bits per heavy atom. The van der Waals surface area contributed by atoms with E-state index in [9.17, 15) is 4.79 Å². The summed E-state index contributed by atoms with van der Waals surface area (Å²) >= 11 is 5.98. The number of hydrogen-bond acceptors (Lipinski definition) is 4. The van der Waals surface area contributed by atoms with E-state index in [1.807, 2.05) is 0 Å². The first-order valence-electron chi connectivity index (χ1n) is 6.67. The van der Waals surface area contributed by atoms with E-state index in [1.165, 1.54) is 6.20 Å². The van der Waals surface area contributed by atoms with E-state index in [-0.39, 0.29) is 0 Å². The Kier molecular flexibility index (Phi) is 3.43. The van der Waals surface area contributed by atoms with Crippen molar-refractivity contribution in [1.82, 2.24) is 9.88 Å². The lowest BCUT2D eigenvalue weighted by molar-refractivity contribution is 0.210. The van der Waals surface area contributed by atoms with Crippen LogP contribution < -0.4 is 10.2 Å². The maximum absolute atomic E-state index is 10.8. The van der Waals surface area contributed by atoms with Gasteiger partial charge in [-0.2, -0.15) is 0 Å². The van der Waals surface area contributed by atoms with Crippen molar-refractivity contribution in [2.24, 2.45) is 0 Å². The summed E-state index contributed by atoms with van der Waals surface area (Å²) in [6.07, 6.45) is 2.70. The van der Waals surface area contributed by atoms with Crippen LogP contribution in [0.25, 0.3) is 0 Å². The van der Waals surface area contributed by atoms with Gasteiger partial charge in [0.05, 0.1) is 16.9 Å². The van der Waals surface area contributed by atoms with Gasteiger partial charge in [0, 0.05) is 31.2 Å². The third kappa shape index (κ3) is 2.41. The lowest BCUT2D eigenvalue weighted by Gasteiger charge is -2.40. The van der Waals surface area contributed by atoms with Gasteiger partial charge in [-0.1, -0.05) is 11.6 Å². The second-order valence-electron chi connectivity index (χ2n) is 5.47. The van der Waals surface area contributed by atoms with Crippen LogP contribution in [-0.2, 0) is 0 Å². The van der Waals surface area contributed by atoms with E-state index >= 15 is 0 Å². The Hall–Kier alpha value is -1.53. The number of nitrogens with one attached hydrogen (secondary N) is 1. The first-order chi connectivity index (χ1) is 9.54. The van der Waals surface area contributed by atoms with Crippen molar-refractivity contribution in [3.8, 4) is 0 Å². The predicted molar refractivity (Wildman–Crippen MR) is 77.7 cm³/mol. The summed E-state index contributed by atoms with van der Waals surface area (Å²) in [7, 11) is 2.13. The Balaban J connectivity index is 1.89. The van der Waals surface area contributed by atoms with Crippen molar-refractivity contribution < 1.29 is 9.90 Å². The number of rotatable bonds is 2. The first kappa shape index (κ1) is 13.5. The van der Waals surface area contributed by atoms with Gasteiger partial charge in [-0.25, -0.2) is 9.78 Å². The van der Waals surface area contributed by atoms with Crippen LogP contribution in [0.4, 0.5) is 16.3 Å². The molecule has 2 bridgehead atoms. The fourth-order valence-electron chi connectivity index (χ4n) is 3.27. The number of likely N-dealkylation sites (N-methyl/N-ethyl adjacent to an activating group) is 1. The van der Waals surface area contributed by atoms with E-state index in [4.69, 9.17) is 16.7 Å². The van der Waals surface area contributed by atoms with Crippen LogP contribution in [0, 0.1) is 0 Å². The van der Waals surface area contributed by atoms with Crippen LogP contribution >= 0.6 is 11.6 Å². The van der Waals surface area contributed by atoms with Gasteiger partial charge in [-0.15, -0.1) is 0 Å². The molecule has 20 heavy (non-hydrogen) atoms. The summed E-state index contributed by atoms with van der Waals surface area (Å²) in [6.45, 7) is 2.03. The van der Waals surface area contributed by atoms with Crippen molar-refractivity contribution in [3.05, 3.63) is 17.3 Å². The zero-order valence-corrected chi connectivity index (χ0v) is 12.0. The number of pyridine rings is 1. The molecule has 3 rings (SSSR count). The molecule has 1 aromatic heterocycles. The van der Waals surface area contributed by atoms with Crippen molar-refractivity contribution >= 4 is 29.2 Å². The number of likely N-dealkylation sites (tertiary alicyclic amines) is 1. The Bertz CT molecular complexity index is 525. The van der Waals surface area contributed by atoms with Crippen LogP contribution in [0.15, 0.2) is 12.3 Å². The summed E-state index contributed by atoms with van der Waals surface area (Å²) < 4.78 is 0. The smallest absolute Gasteiger partial charge is 0.409 e. The zero-order valence-electron chi connectivity index (χ0n) is 11.2. The van der Waals surface area contributed by atoms with Crippen LogP contribution in [0.1, 0.15) is 12.8 Å². The van der Waals surface area contributed by atoms with Gasteiger partial charge in [0.1, 0.15) is 5.82 Å². The molecule has 0 saturated carbocycles. The number of amides is 1. The highest BCUT2D eigenvalue weighted by Crippen LogP contribution is 2.35. The number of piperazine rings is 1. The van der Waals surface area contributed by atoms with Crippen LogP contribution in [0.5, 0.6) is 0 Å². The number of halogens is 1. The molecule has 2 fully saturated rings. The minimum absolute atomic E-state index is 0.317. The van der Waals surface area contributed by atoms with Crippen molar-refractivity contribution in [3.63, 3.8) is 0 Å². The summed E-state index contributed by atoms with van der Waals surface area (Å²) in [5.74, 6) is 0.804. The monoisotopic (exact) mass is 296 g/mol. The lowest BCUT2D eigenvalue weighted by Crippen LogP contribution is -2.52. The summed E-state index contributed by atoms with van der Waals surface area (Å²) in [5, 5.41) is 11.5. The number of hydrogen-bond donors (Lipinski definition) is 2. The quantitative estimate of drug-likeness (QED) is 0.875. The molecule has 0 aromatic carbocycles. The van der Waals surface area contributed by atoms with Crippen molar-refractivity contribution in [2.75, 3.05) is 30.4 Å². The third-order valence-electron chi connectivity index (χ3n) is 4.01. The number of fused-ring (bicyclic) bond motifs is 2. The number of nitrogens with zero attached hydrogens (tertiary/aromatic N) is 3. The molecule has 7 heteroatoms. The molecule has 0 aliphatic carbocycles. The van der Waals surface area contributed by atoms with Gasteiger partial charge in [0.15, 0.2) is 0 Å². The topological polar surface area (TPSA) is 68.7 Å². The molecule has 1 amide bonds. The second kappa shape index (κ2) is 5.10. The summed E-state index contributed by atoms with van der Waals surface area (Å²) in [6, 6.07) is 2.63. The van der Waals surface area contributed by atoms with Gasteiger partial charge in [-0.05, 0) is 19.9 Å². The van der Waals surface area contributed by atoms with Crippen molar-refractivity contribution in [1.29, 1.82) is 0 Å². The lowest BCUT2D eigenvalue weighted by atomic mass is 10.2. The van der Waals surface area contributed by atoms with E-state index in [0.29, 0.717) is 22.8 Å². The minimum Gasteiger partial charge on any atom is -0.465 e. The van der Waals surface area contributed by atoms with E-state index in [0.717, 1.165) is 31.7 Å². The highest BCUT2D eigenvalue weighted by atomic mass is 35.5. The first-order valence-corrected chi connectivity index (χ1v) is 7.05. The minimum atomic E-state index is -1.12. The molecule has 108 valence electrons. The molecule has 2 aliphatic rings. The van der Waals surface area contributed by atoms with Gasteiger partial charge >= 0.3 is 6.09 Å². The fourth-order valence-corrected chi connectivity index (χ4v) is 3.42. The van der Waals surface area contributed by atoms with Gasteiger partial charge in [0.25, 0.3) is 0 Å². The van der Waals surface area contributed by atoms with Gasteiger partial charge in [-0.3, -0.25) is 5.32 Å². The molecule has 2 N–H and O–H groups in total. The standard InChI is InChI=1S/C13H17ClN4O2/c1-17-6-8-2-3-9(7-17)18(8)12-4-11(16-13(19)20)10(14)5-15-12/h4-5,8-9H,2-3,6-7H2,1H3,(H,15,16)(H,19,20)/t8-,9+. The molecule has 3 heterocycles. The SMILES string of the molecule is CN1C[C@H]2CC[C@@H](C1)N2c1cc(NC(=O)O)c(Cl)cn1. The molecule has 2 aliphatic heterocycles. The van der Waals surface area contributed by atoms with E-state index < -0.39 is 6.09 Å². The van der Waals surface area contributed by atoms with Gasteiger partial charge < -0.3 is 14.9 Å². The molecular weight excluding hydrogens is 280 g/mol. The predicted octanol–water partition coefficient (Wildman–Crippen LogP) is 2.11. The number of carbonyl (C=O) groups is 1. The Morgan fingerprint density at radius 1 is 1.45 bits per heavy atom. The highest BCUT2D eigenvalue weighted by molar-refractivity contribution is 6.33. The van der Waals surface area contributed by atoms with E-state index in [1.54, 1.807) is 6.07 Å². The zero-order chi connectivity index (χ0) is 14.3. The molecular formula is C13H17ClN4O2. The normalized spacial score (nSPS) is 25.8. The average molecular weight is 297 g/mol. The summed E-state index contributed by atoms with van der Waals surface area (Å²) in [4.78, 5) is 19.8. The van der Waals surface area contributed by atoms with Crippen LogP contribution in [0.3, 0.4) is 0 Å². The molecule has 0 unspecified atom stereocenters. The fraction of sp³-hybridized carbons (Fsp3) is 0.538. The highest BCUT2D eigenvalue weighted by Gasteiger charge is 2.39. The molecule has 2 atom stereocenters. The van der Waals surface area contributed by atoms with Gasteiger partial charge in [0.2, 0.25) is 0 Å². The molecule has 6 nitrogen and oxygen atoms in total.